The zero-order valence-electron chi connectivity index (χ0n) is 6.99. The van der Waals surface area contributed by atoms with Gasteiger partial charge in [-0.1, -0.05) is 0 Å². The second-order valence-corrected chi connectivity index (χ2v) is 3.60. The molecule has 0 saturated heterocycles. The molecular formula is C9H7BrN2O. The summed E-state index contributed by atoms with van der Waals surface area (Å²) in [5, 5.41) is 0. The fourth-order valence-electron chi connectivity index (χ4n) is 1.24. The number of fused-ring (bicyclic) bond motifs is 1. The Morgan fingerprint density at radius 3 is 3.08 bits per heavy atom. The summed E-state index contributed by atoms with van der Waals surface area (Å²) in [6.07, 6.45) is 3.41. The van der Waals surface area contributed by atoms with E-state index in [9.17, 15) is 4.79 Å². The molecule has 0 aromatic carbocycles. The molecule has 0 radical (unpaired) electrons. The Labute approximate surface area is 83.5 Å². The Morgan fingerprint density at radius 1 is 1.62 bits per heavy atom. The van der Waals surface area contributed by atoms with Crippen molar-refractivity contribution in [2.45, 2.75) is 6.92 Å². The Balaban J connectivity index is 2.83. The van der Waals surface area contributed by atoms with Gasteiger partial charge in [0.1, 0.15) is 5.69 Å². The summed E-state index contributed by atoms with van der Waals surface area (Å²) in [4.78, 5) is 15.3. The van der Waals surface area contributed by atoms with Crippen molar-refractivity contribution in [2.24, 2.45) is 0 Å². The Kier molecular flexibility index (Phi) is 1.92. The minimum atomic E-state index is 0.0191. The molecule has 2 rings (SSSR count). The zero-order chi connectivity index (χ0) is 9.42. The number of Topliss-reactive ketones (excluding diaryl/α,β-unsaturated/α-hetero) is 1. The van der Waals surface area contributed by atoms with Gasteiger partial charge in [0.2, 0.25) is 0 Å². The molecule has 0 aliphatic heterocycles. The van der Waals surface area contributed by atoms with Crippen LogP contribution in [0.25, 0.3) is 5.65 Å². The first kappa shape index (κ1) is 8.44. The van der Waals surface area contributed by atoms with Crippen molar-refractivity contribution < 1.29 is 4.79 Å². The largest absolute Gasteiger partial charge is 0.296 e. The van der Waals surface area contributed by atoms with Crippen LogP contribution >= 0.6 is 15.9 Å². The highest BCUT2D eigenvalue weighted by molar-refractivity contribution is 9.10. The lowest BCUT2D eigenvalue weighted by atomic mass is 10.3. The van der Waals surface area contributed by atoms with Crippen LogP contribution in [0.15, 0.2) is 29.0 Å². The SMILES string of the molecule is CC(=O)c1cnc2c(Br)cccn12. The van der Waals surface area contributed by atoms with Gasteiger partial charge >= 0.3 is 0 Å². The fourth-order valence-corrected chi connectivity index (χ4v) is 1.68. The predicted octanol–water partition coefficient (Wildman–Crippen LogP) is 2.30. The first-order valence-electron chi connectivity index (χ1n) is 3.82. The normalized spacial score (nSPS) is 10.6. The standard InChI is InChI=1S/C9H7BrN2O/c1-6(13)8-5-11-9-7(10)3-2-4-12(8)9/h2-5H,1H3. The fraction of sp³-hybridized carbons (Fsp3) is 0.111. The summed E-state index contributed by atoms with van der Waals surface area (Å²) in [5.74, 6) is 0.0191. The van der Waals surface area contributed by atoms with E-state index >= 15 is 0 Å². The van der Waals surface area contributed by atoms with E-state index in [0.29, 0.717) is 5.69 Å². The first-order valence-corrected chi connectivity index (χ1v) is 4.62. The molecule has 2 aromatic rings. The van der Waals surface area contributed by atoms with Gasteiger partial charge in [0.05, 0.1) is 10.7 Å². The van der Waals surface area contributed by atoms with Crippen LogP contribution < -0.4 is 0 Å². The number of carbonyl (C=O) groups is 1. The summed E-state index contributed by atoms with van der Waals surface area (Å²) in [6.45, 7) is 1.53. The van der Waals surface area contributed by atoms with Gasteiger partial charge in [-0.2, -0.15) is 0 Å². The van der Waals surface area contributed by atoms with Gasteiger partial charge in [-0.25, -0.2) is 4.98 Å². The van der Waals surface area contributed by atoms with E-state index in [0.717, 1.165) is 10.1 Å². The van der Waals surface area contributed by atoms with E-state index in [1.165, 1.54) is 6.92 Å². The van der Waals surface area contributed by atoms with Gasteiger partial charge in [-0.15, -0.1) is 0 Å². The van der Waals surface area contributed by atoms with E-state index in [2.05, 4.69) is 20.9 Å². The number of ketones is 1. The maximum Gasteiger partial charge on any atom is 0.178 e. The van der Waals surface area contributed by atoms with E-state index in [1.807, 2.05) is 18.3 Å². The Hall–Kier alpha value is -1.16. The molecule has 4 heteroatoms. The van der Waals surface area contributed by atoms with E-state index in [1.54, 1.807) is 10.6 Å². The number of pyridine rings is 1. The summed E-state index contributed by atoms with van der Waals surface area (Å²) in [6, 6.07) is 3.76. The van der Waals surface area contributed by atoms with Crippen LogP contribution in [0.4, 0.5) is 0 Å². The summed E-state index contributed by atoms with van der Waals surface area (Å²) in [7, 11) is 0. The highest BCUT2D eigenvalue weighted by atomic mass is 79.9. The molecule has 2 heterocycles. The molecule has 0 atom stereocenters. The molecule has 0 aliphatic rings. The number of halogens is 1. The van der Waals surface area contributed by atoms with E-state index in [4.69, 9.17) is 0 Å². The van der Waals surface area contributed by atoms with Crippen molar-refractivity contribution in [3.8, 4) is 0 Å². The lowest BCUT2D eigenvalue weighted by molar-refractivity contribution is 0.101. The van der Waals surface area contributed by atoms with E-state index in [-0.39, 0.29) is 5.78 Å². The number of imidazole rings is 1. The molecule has 13 heavy (non-hydrogen) atoms. The molecule has 2 aromatic heterocycles. The van der Waals surface area contributed by atoms with Crippen molar-refractivity contribution in [1.82, 2.24) is 9.38 Å². The maximum absolute atomic E-state index is 11.2. The minimum Gasteiger partial charge on any atom is -0.296 e. The molecule has 0 fully saturated rings. The molecule has 0 spiro atoms. The van der Waals surface area contributed by atoms with Gasteiger partial charge in [0, 0.05) is 13.1 Å². The summed E-state index contributed by atoms with van der Waals surface area (Å²) >= 11 is 3.36. The van der Waals surface area contributed by atoms with E-state index < -0.39 is 0 Å². The monoisotopic (exact) mass is 238 g/mol. The third-order valence-electron chi connectivity index (χ3n) is 1.85. The number of nitrogens with zero attached hydrogens (tertiary/aromatic N) is 2. The van der Waals surface area contributed by atoms with Gasteiger partial charge in [-0.3, -0.25) is 9.20 Å². The van der Waals surface area contributed by atoms with Crippen LogP contribution in [0.3, 0.4) is 0 Å². The molecule has 0 unspecified atom stereocenters. The van der Waals surface area contributed by atoms with Crippen molar-refractivity contribution in [3.05, 3.63) is 34.7 Å². The molecule has 0 saturated carbocycles. The number of rotatable bonds is 1. The van der Waals surface area contributed by atoms with Crippen molar-refractivity contribution in [1.29, 1.82) is 0 Å². The Morgan fingerprint density at radius 2 is 2.38 bits per heavy atom. The van der Waals surface area contributed by atoms with Crippen LogP contribution in [0.2, 0.25) is 0 Å². The van der Waals surface area contributed by atoms with Crippen LogP contribution in [-0.2, 0) is 0 Å². The molecule has 66 valence electrons. The maximum atomic E-state index is 11.2. The van der Waals surface area contributed by atoms with Crippen LogP contribution in [0.1, 0.15) is 17.4 Å². The molecule has 0 N–H and O–H groups in total. The van der Waals surface area contributed by atoms with Gasteiger partial charge in [0.15, 0.2) is 11.4 Å². The second kappa shape index (κ2) is 2.96. The smallest absolute Gasteiger partial charge is 0.178 e. The molecule has 0 amide bonds. The zero-order valence-corrected chi connectivity index (χ0v) is 8.58. The molecule has 0 bridgehead atoms. The first-order chi connectivity index (χ1) is 6.20. The molecular weight excluding hydrogens is 232 g/mol. The van der Waals surface area contributed by atoms with Crippen molar-refractivity contribution in [2.75, 3.05) is 0 Å². The molecule has 3 nitrogen and oxygen atoms in total. The topological polar surface area (TPSA) is 34.4 Å². The summed E-state index contributed by atoms with van der Waals surface area (Å²) < 4.78 is 2.66. The number of carbonyl (C=O) groups excluding carboxylic acids is 1. The van der Waals surface area contributed by atoms with Gasteiger partial charge < -0.3 is 0 Å². The number of aromatic nitrogens is 2. The third-order valence-corrected chi connectivity index (χ3v) is 2.47. The van der Waals surface area contributed by atoms with Gasteiger partial charge in [0.25, 0.3) is 0 Å². The summed E-state index contributed by atoms with van der Waals surface area (Å²) in [5.41, 5.74) is 1.38. The highest BCUT2D eigenvalue weighted by Crippen LogP contribution is 2.17. The lowest BCUT2D eigenvalue weighted by Crippen LogP contribution is -1.97. The predicted molar refractivity (Wildman–Crippen MR) is 52.9 cm³/mol. The van der Waals surface area contributed by atoms with Gasteiger partial charge in [-0.05, 0) is 28.1 Å². The quantitative estimate of drug-likeness (QED) is 0.715. The molecule has 0 aliphatic carbocycles. The second-order valence-electron chi connectivity index (χ2n) is 2.75. The lowest BCUT2D eigenvalue weighted by Gasteiger charge is -1.97. The number of hydrogen-bond donors (Lipinski definition) is 0. The minimum absolute atomic E-state index is 0.0191. The van der Waals surface area contributed by atoms with Crippen LogP contribution in [-0.4, -0.2) is 15.2 Å². The average Bonchev–Trinajstić information content (AvgIpc) is 2.48. The van der Waals surface area contributed by atoms with Crippen LogP contribution in [0, 0.1) is 0 Å². The average molecular weight is 239 g/mol. The van der Waals surface area contributed by atoms with Crippen LogP contribution in [0.5, 0.6) is 0 Å². The number of hydrogen-bond acceptors (Lipinski definition) is 2. The van der Waals surface area contributed by atoms with Crippen molar-refractivity contribution in [3.63, 3.8) is 0 Å². The van der Waals surface area contributed by atoms with Crippen molar-refractivity contribution >= 4 is 27.4 Å². The highest BCUT2D eigenvalue weighted by Gasteiger charge is 2.08. The third kappa shape index (κ3) is 1.27. The Bertz CT molecular complexity index is 475.